The van der Waals surface area contributed by atoms with Crippen molar-refractivity contribution in [2.45, 2.75) is 13.5 Å². The zero-order valence-corrected chi connectivity index (χ0v) is 11.5. The van der Waals surface area contributed by atoms with Crippen molar-refractivity contribution < 1.29 is 4.79 Å². The van der Waals surface area contributed by atoms with Crippen LogP contribution < -0.4 is 5.73 Å². The predicted octanol–water partition coefficient (Wildman–Crippen LogP) is 2.39. The fraction of sp³-hybridized carbons (Fsp3) is 0.312. The summed E-state index contributed by atoms with van der Waals surface area (Å²) in [6.45, 7) is 2.87. The van der Waals surface area contributed by atoms with Crippen LogP contribution in [0.5, 0.6) is 0 Å². The van der Waals surface area contributed by atoms with E-state index in [2.05, 4.69) is 24.3 Å². The van der Waals surface area contributed by atoms with Crippen LogP contribution in [0.1, 0.15) is 12.5 Å². The molecule has 0 saturated carbocycles. The number of hydrogen-bond donors (Lipinski definition) is 1. The Morgan fingerprint density at radius 3 is 2.63 bits per heavy atom. The summed E-state index contributed by atoms with van der Waals surface area (Å²) in [6.07, 6.45) is 0. The van der Waals surface area contributed by atoms with Crippen LogP contribution in [-0.4, -0.2) is 24.4 Å². The highest BCUT2D eigenvalue weighted by molar-refractivity contribution is 5.86. The molecule has 0 aliphatic carbocycles. The van der Waals surface area contributed by atoms with E-state index in [1.54, 1.807) is 4.90 Å². The van der Waals surface area contributed by atoms with Gasteiger partial charge in [0.1, 0.15) is 0 Å². The van der Waals surface area contributed by atoms with E-state index in [0.29, 0.717) is 13.1 Å². The van der Waals surface area contributed by atoms with Crippen LogP contribution in [0.25, 0.3) is 10.8 Å². The van der Waals surface area contributed by atoms with Gasteiger partial charge in [-0.1, -0.05) is 49.4 Å². The molecule has 0 aliphatic heterocycles. The fourth-order valence-corrected chi connectivity index (χ4v) is 2.24. The van der Waals surface area contributed by atoms with E-state index >= 15 is 0 Å². The van der Waals surface area contributed by atoms with Crippen LogP contribution in [0.3, 0.4) is 0 Å². The first kappa shape index (κ1) is 13.6. The van der Waals surface area contributed by atoms with Crippen LogP contribution in [0.2, 0.25) is 0 Å². The lowest BCUT2D eigenvalue weighted by Gasteiger charge is -2.21. The highest BCUT2D eigenvalue weighted by Gasteiger charge is 2.16. The van der Waals surface area contributed by atoms with E-state index in [-0.39, 0.29) is 11.8 Å². The summed E-state index contributed by atoms with van der Waals surface area (Å²) in [5, 5.41) is 2.40. The Morgan fingerprint density at radius 2 is 1.89 bits per heavy atom. The van der Waals surface area contributed by atoms with E-state index in [4.69, 9.17) is 5.73 Å². The average molecular weight is 256 g/mol. The van der Waals surface area contributed by atoms with Gasteiger partial charge in [0.05, 0.1) is 0 Å². The Balaban J connectivity index is 2.24. The molecule has 0 bridgehead atoms. The number of carbonyl (C=O) groups is 1. The van der Waals surface area contributed by atoms with Gasteiger partial charge in [0.25, 0.3) is 0 Å². The quantitative estimate of drug-likeness (QED) is 0.913. The van der Waals surface area contributed by atoms with Gasteiger partial charge < -0.3 is 10.6 Å². The highest BCUT2D eigenvalue weighted by atomic mass is 16.2. The second-order valence-electron chi connectivity index (χ2n) is 4.97. The fourth-order valence-electron chi connectivity index (χ4n) is 2.24. The first-order valence-corrected chi connectivity index (χ1v) is 6.55. The lowest BCUT2D eigenvalue weighted by Crippen LogP contribution is -2.34. The van der Waals surface area contributed by atoms with E-state index in [0.717, 1.165) is 5.56 Å². The van der Waals surface area contributed by atoms with Crippen molar-refractivity contribution in [3.8, 4) is 0 Å². The van der Waals surface area contributed by atoms with Crippen molar-refractivity contribution in [3.63, 3.8) is 0 Å². The molecule has 0 aliphatic rings. The number of nitrogens with zero attached hydrogens (tertiary/aromatic N) is 1. The average Bonchev–Trinajstić information content (AvgIpc) is 2.46. The molecule has 100 valence electrons. The standard InChI is InChI=1S/C16H20N2O/c1-12(10-17)16(19)18(2)11-14-8-5-7-13-6-3-4-9-15(13)14/h3-9,12H,10-11,17H2,1-2H3. The van der Waals surface area contributed by atoms with Crippen molar-refractivity contribution in [1.82, 2.24) is 4.90 Å². The topological polar surface area (TPSA) is 46.3 Å². The van der Waals surface area contributed by atoms with Crippen molar-refractivity contribution in [2.24, 2.45) is 11.7 Å². The van der Waals surface area contributed by atoms with Gasteiger partial charge in [0, 0.05) is 26.1 Å². The number of nitrogens with two attached hydrogens (primary N) is 1. The van der Waals surface area contributed by atoms with Crippen LogP contribution in [-0.2, 0) is 11.3 Å². The Bertz CT molecular complexity index is 574. The number of benzene rings is 2. The molecule has 2 aromatic rings. The van der Waals surface area contributed by atoms with E-state index in [1.807, 2.05) is 32.2 Å². The molecule has 0 radical (unpaired) electrons. The van der Waals surface area contributed by atoms with Crippen LogP contribution in [0.4, 0.5) is 0 Å². The SMILES string of the molecule is CC(CN)C(=O)N(C)Cc1cccc2ccccc12. The molecular formula is C16H20N2O. The highest BCUT2D eigenvalue weighted by Crippen LogP contribution is 2.20. The lowest BCUT2D eigenvalue weighted by atomic mass is 10.0. The third-order valence-electron chi connectivity index (χ3n) is 3.44. The molecule has 1 atom stereocenters. The molecule has 1 amide bonds. The summed E-state index contributed by atoms with van der Waals surface area (Å²) < 4.78 is 0. The van der Waals surface area contributed by atoms with Crippen LogP contribution in [0.15, 0.2) is 42.5 Å². The Morgan fingerprint density at radius 1 is 1.21 bits per heavy atom. The van der Waals surface area contributed by atoms with Gasteiger partial charge in [-0.3, -0.25) is 4.79 Å². The molecule has 0 spiro atoms. The number of rotatable bonds is 4. The zero-order chi connectivity index (χ0) is 13.8. The van der Waals surface area contributed by atoms with Crippen molar-refractivity contribution in [3.05, 3.63) is 48.0 Å². The molecule has 3 nitrogen and oxygen atoms in total. The van der Waals surface area contributed by atoms with Crippen molar-refractivity contribution in [2.75, 3.05) is 13.6 Å². The maximum atomic E-state index is 12.1. The summed E-state index contributed by atoms with van der Waals surface area (Å²) >= 11 is 0. The second-order valence-corrected chi connectivity index (χ2v) is 4.97. The van der Waals surface area contributed by atoms with Gasteiger partial charge in [-0.15, -0.1) is 0 Å². The first-order valence-electron chi connectivity index (χ1n) is 6.55. The molecule has 0 saturated heterocycles. The largest absolute Gasteiger partial charge is 0.341 e. The van der Waals surface area contributed by atoms with Crippen molar-refractivity contribution in [1.29, 1.82) is 0 Å². The third-order valence-corrected chi connectivity index (χ3v) is 3.44. The molecular weight excluding hydrogens is 236 g/mol. The second kappa shape index (κ2) is 5.85. The minimum absolute atomic E-state index is 0.0930. The van der Waals surface area contributed by atoms with Crippen molar-refractivity contribution >= 4 is 16.7 Å². The van der Waals surface area contributed by atoms with Gasteiger partial charge in [0.2, 0.25) is 5.91 Å². The maximum absolute atomic E-state index is 12.1. The van der Waals surface area contributed by atoms with Crippen LogP contribution in [0, 0.1) is 5.92 Å². The zero-order valence-electron chi connectivity index (χ0n) is 11.5. The minimum atomic E-state index is -0.125. The molecule has 19 heavy (non-hydrogen) atoms. The lowest BCUT2D eigenvalue weighted by molar-refractivity contribution is -0.133. The number of carbonyl (C=O) groups excluding carboxylic acids is 1. The van der Waals surface area contributed by atoms with Gasteiger partial charge >= 0.3 is 0 Å². The molecule has 0 fully saturated rings. The van der Waals surface area contributed by atoms with Gasteiger partial charge in [-0.05, 0) is 16.3 Å². The van der Waals surface area contributed by atoms with Gasteiger partial charge in [0.15, 0.2) is 0 Å². The van der Waals surface area contributed by atoms with E-state index in [1.165, 1.54) is 10.8 Å². The molecule has 2 rings (SSSR count). The third kappa shape index (κ3) is 2.93. The molecule has 3 heteroatoms. The Kier molecular flexibility index (Phi) is 4.17. The van der Waals surface area contributed by atoms with Crippen LogP contribution >= 0.6 is 0 Å². The maximum Gasteiger partial charge on any atom is 0.226 e. The Hall–Kier alpha value is -1.87. The Labute approximate surface area is 114 Å². The number of fused-ring (bicyclic) bond motifs is 1. The summed E-state index contributed by atoms with van der Waals surface area (Å²) in [6, 6.07) is 14.4. The number of hydrogen-bond acceptors (Lipinski definition) is 2. The summed E-state index contributed by atoms with van der Waals surface area (Å²) in [5.41, 5.74) is 6.71. The van der Waals surface area contributed by atoms with Gasteiger partial charge in [-0.25, -0.2) is 0 Å². The summed E-state index contributed by atoms with van der Waals surface area (Å²) in [7, 11) is 1.83. The van der Waals surface area contributed by atoms with E-state index in [9.17, 15) is 4.79 Å². The minimum Gasteiger partial charge on any atom is -0.341 e. The number of amides is 1. The summed E-state index contributed by atoms with van der Waals surface area (Å²) in [5.74, 6) is -0.0320. The summed E-state index contributed by atoms with van der Waals surface area (Å²) in [4.78, 5) is 13.8. The molecule has 2 aromatic carbocycles. The predicted molar refractivity (Wildman–Crippen MR) is 78.6 cm³/mol. The van der Waals surface area contributed by atoms with Gasteiger partial charge in [-0.2, -0.15) is 0 Å². The molecule has 1 unspecified atom stereocenters. The van der Waals surface area contributed by atoms with E-state index < -0.39 is 0 Å². The first-order chi connectivity index (χ1) is 9.13. The normalized spacial score (nSPS) is 12.4. The monoisotopic (exact) mass is 256 g/mol. The molecule has 0 aromatic heterocycles. The smallest absolute Gasteiger partial charge is 0.226 e. The molecule has 0 heterocycles. The molecule has 2 N–H and O–H groups in total.